The summed E-state index contributed by atoms with van der Waals surface area (Å²) < 4.78 is 14.1. The molecule has 1 aromatic heterocycles. The molecule has 1 amide bonds. The minimum atomic E-state index is -1.06. The number of rotatable bonds is 7. The van der Waals surface area contributed by atoms with Gasteiger partial charge in [0.05, 0.1) is 5.57 Å². The quantitative estimate of drug-likeness (QED) is 0.434. The molecule has 0 saturated carbocycles. The molecule has 174 valence electrons. The van der Waals surface area contributed by atoms with Crippen LogP contribution < -0.4 is 5.32 Å². The van der Waals surface area contributed by atoms with Crippen LogP contribution in [0.2, 0.25) is 0 Å². The molecule has 0 saturated heterocycles. The zero-order chi connectivity index (χ0) is 24.1. The van der Waals surface area contributed by atoms with E-state index in [9.17, 15) is 24.2 Å². The van der Waals surface area contributed by atoms with E-state index in [1.165, 1.54) is 6.20 Å². The van der Waals surface area contributed by atoms with Crippen molar-refractivity contribution in [3.05, 3.63) is 95.2 Å². The van der Waals surface area contributed by atoms with Crippen LogP contribution in [0.1, 0.15) is 42.7 Å². The van der Waals surface area contributed by atoms with Crippen LogP contribution in [-0.2, 0) is 16.0 Å². The van der Waals surface area contributed by atoms with Crippen molar-refractivity contribution in [3.8, 4) is 16.9 Å². The molecule has 1 aliphatic carbocycles. The van der Waals surface area contributed by atoms with Gasteiger partial charge in [0.15, 0.2) is 0 Å². The number of pyridine rings is 1. The Balaban J connectivity index is 1.39. The molecule has 0 bridgehead atoms. The summed E-state index contributed by atoms with van der Waals surface area (Å²) in [7, 11) is 0. The van der Waals surface area contributed by atoms with Gasteiger partial charge in [0.25, 0.3) is 0 Å². The standard InChI is InChI=1S/C27H25FN2O4/c28-26-22(2-1-15-29-26)20-10-13-23(27(33)34)24(16-20)30-25(32)14-5-17-3-6-18(7-4-17)19-8-11-21(31)12-9-19/h1-4,6-9,11-12,15,20,31H,5,10,13-14,16H2,(H,30,32)(H,33,34). The zero-order valence-electron chi connectivity index (χ0n) is 18.5. The summed E-state index contributed by atoms with van der Waals surface area (Å²) in [5, 5.41) is 21.8. The van der Waals surface area contributed by atoms with Gasteiger partial charge in [0, 0.05) is 23.9 Å². The highest BCUT2D eigenvalue weighted by molar-refractivity contribution is 5.89. The topological polar surface area (TPSA) is 99.5 Å². The van der Waals surface area contributed by atoms with Crippen LogP contribution in [-0.4, -0.2) is 27.1 Å². The Hall–Kier alpha value is -4.00. The lowest BCUT2D eigenvalue weighted by molar-refractivity contribution is -0.133. The van der Waals surface area contributed by atoms with Crippen LogP contribution in [0.5, 0.6) is 5.75 Å². The number of phenolic OH excluding ortho intramolecular Hbond substituents is 1. The van der Waals surface area contributed by atoms with Gasteiger partial charge in [-0.15, -0.1) is 0 Å². The second-order valence-corrected chi connectivity index (χ2v) is 8.38. The Kier molecular flexibility index (Phi) is 7.01. The van der Waals surface area contributed by atoms with Crippen molar-refractivity contribution in [2.24, 2.45) is 0 Å². The van der Waals surface area contributed by atoms with Gasteiger partial charge in [-0.3, -0.25) is 4.79 Å². The molecular formula is C27H25FN2O4. The number of benzene rings is 2. The number of allylic oxidation sites excluding steroid dienone is 1. The normalized spacial score (nSPS) is 15.7. The summed E-state index contributed by atoms with van der Waals surface area (Å²) in [5.41, 5.74) is 3.91. The van der Waals surface area contributed by atoms with Gasteiger partial charge in [-0.05, 0) is 66.5 Å². The first kappa shape index (κ1) is 23.2. The Morgan fingerprint density at radius 1 is 1.03 bits per heavy atom. The number of amides is 1. The number of aryl methyl sites for hydroxylation is 1. The number of hydrogen-bond acceptors (Lipinski definition) is 4. The summed E-state index contributed by atoms with van der Waals surface area (Å²) in [4.78, 5) is 28.0. The van der Waals surface area contributed by atoms with Gasteiger partial charge >= 0.3 is 5.97 Å². The highest BCUT2D eigenvalue weighted by atomic mass is 19.1. The summed E-state index contributed by atoms with van der Waals surface area (Å²) in [5.74, 6) is -1.93. The number of carboxylic acid groups (broad SMARTS) is 1. The molecular weight excluding hydrogens is 435 g/mol. The molecule has 3 aromatic rings. The van der Waals surface area contributed by atoms with Crippen molar-refractivity contribution in [1.82, 2.24) is 10.3 Å². The predicted octanol–water partition coefficient (Wildman–Crippen LogP) is 4.95. The largest absolute Gasteiger partial charge is 0.508 e. The summed E-state index contributed by atoms with van der Waals surface area (Å²) in [6.45, 7) is 0. The highest BCUT2D eigenvalue weighted by Crippen LogP contribution is 2.36. The monoisotopic (exact) mass is 460 g/mol. The lowest BCUT2D eigenvalue weighted by Gasteiger charge is -2.26. The van der Waals surface area contributed by atoms with E-state index in [0.29, 0.717) is 24.1 Å². The smallest absolute Gasteiger partial charge is 0.333 e. The minimum Gasteiger partial charge on any atom is -0.508 e. The number of nitrogens with one attached hydrogen (secondary N) is 1. The van der Waals surface area contributed by atoms with Crippen LogP contribution in [0.4, 0.5) is 4.39 Å². The van der Waals surface area contributed by atoms with Gasteiger partial charge in [-0.1, -0.05) is 42.5 Å². The molecule has 2 aromatic carbocycles. The molecule has 0 aliphatic heterocycles. The van der Waals surface area contributed by atoms with E-state index in [-0.39, 0.29) is 42.4 Å². The second-order valence-electron chi connectivity index (χ2n) is 8.38. The third-order valence-corrected chi connectivity index (χ3v) is 6.13. The van der Waals surface area contributed by atoms with Crippen LogP contribution in [0.3, 0.4) is 0 Å². The number of phenols is 1. The number of carbonyl (C=O) groups excluding carboxylic acids is 1. The number of halogens is 1. The van der Waals surface area contributed by atoms with E-state index < -0.39 is 11.9 Å². The predicted molar refractivity (Wildman–Crippen MR) is 125 cm³/mol. The van der Waals surface area contributed by atoms with Gasteiger partial charge in [-0.25, -0.2) is 9.78 Å². The molecule has 0 spiro atoms. The average molecular weight is 461 g/mol. The van der Waals surface area contributed by atoms with Crippen LogP contribution in [0, 0.1) is 5.95 Å². The maximum Gasteiger partial charge on any atom is 0.333 e. The maximum atomic E-state index is 14.1. The molecule has 1 atom stereocenters. The van der Waals surface area contributed by atoms with E-state index in [1.54, 1.807) is 24.3 Å². The maximum absolute atomic E-state index is 14.1. The van der Waals surface area contributed by atoms with Crippen molar-refractivity contribution in [3.63, 3.8) is 0 Å². The van der Waals surface area contributed by atoms with Crippen LogP contribution in [0.15, 0.2) is 78.1 Å². The first-order valence-electron chi connectivity index (χ1n) is 11.1. The summed E-state index contributed by atoms with van der Waals surface area (Å²) >= 11 is 0. The SMILES string of the molecule is O=C(CCc1ccc(-c2ccc(O)cc2)cc1)NC1=C(C(=O)O)CCC(c2cccnc2F)C1. The Labute approximate surface area is 196 Å². The summed E-state index contributed by atoms with van der Waals surface area (Å²) in [6.07, 6.45) is 3.05. The first-order chi connectivity index (χ1) is 16.4. The number of carbonyl (C=O) groups is 2. The van der Waals surface area contributed by atoms with Crippen molar-refractivity contribution < 1.29 is 24.2 Å². The molecule has 0 radical (unpaired) electrons. The van der Waals surface area contributed by atoms with E-state index in [2.05, 4.69) is 10.3 Å². The Morgan fingerprint density at radius 2 is 1.71 bits per heavy atom. The van der Waals surface area contributed by atoms with Gasteiger partial charge < -0.3 is 15.5 Å². The van der Waals surface area contributed by atoms with E-state index in [4.69, 9.17) is 0 Å². The fraction of sp³-hybridized carbons (Fsp3) is 0.222. The third-order valence-electron chi connectivity index (χ3n) is 6.13. The van der Waals surface area contributed by atoms with Crippen molar-refractivity contribution in [1.29, 1.82) is 0 Å². The number of nitrogens with zero attached hydrogens (tertiary/aromatic N) is 1. The van der Waals surface area contributed by atoms with Crippen LogP contribution in [0.25, 0.3) is 11.1 Å². The molecule has 4 rings (SSSR count). The zero-order valence-corrected chi connectivity index (χ0v) is 18.5. The summed E-state index contributed by atoms with van der Waals surface area (Å²) in [6, 6.07) is 18.0. The molecule has 1 heterocycles. The van der Waals surface area contributed by atoms with E-state index in [0.717, 1.165) is 16.7 Å². The molecule has 7 heteroatoms. The minimum absolute atomic E-state index is 0.173. The second kappa shape index (κ2) is 10.3. The number of carboxylic acids is 1. The van der Waals surface area contributed by atoms with Gasteiger partial charge in [0.1, 0.15) is 5.75 Å². The fourth-order valence-electron chi connectivity index (χ4n) is 4.28. The van der Waals surface area contributed by atoms with Crippen LogP contribution >= 0.6 is 0 Å². The third kappa shape index (κ3) is 5.49. The van der Waals surface area contributed by atoms with E-state index >= 15 is 0 Å². The molecule has 1 unspecified atom stereocenters. The fourth-order valence-corrected chi connectivity index (χ4v) is 4.28. The molecule has 3 N–H and O–H groups in total. The lowest BCUT2D eigenvalue weighted by atomic mass is 9.83. The number of aromatic nitrogens is 1. The van der Waals surface area contributed by atoms with Crippen molar-refractivity contribution >= 4 is 11.9 Å². The molecule has 0 fully saturated rings. The van der Waals surface area contributed by atoms with Gasteiger partial charge in [0.2, 0.25) is 11.9 Å². The number of aliphatic carboxylic acids is 1. The van der Waals surface area contributed by atoms with Crippen molar-refractivity contribution in [2.45, 2.75) is 38.0 Å². The van der Waals surface area contributed by atoms with E-state index in [1.807, 2.05) is 36.4 Å². The van der Waals surface area contributed by atoms with Gasteiger partial charge in [-0.2, -0.15) is 4.39 Å². The Morgan fingerprint density at radius 3 is 2.35 bits per heavy atom. The molecule has 34 heavy (non-hydrogen) atoms. The molecule has 6 nitrogen and oxygen atoms in total. The number of aromatic hydroxyl groups is 1. The highest BCUT2D eigenvalue weighted by Gasteiger charge is 2.28. The average Bonchev–Trinajstić information content (AvgIpc) is 2.84. The first-order valence-corrected chi connectivity index (χ1v) is 11.1. The Bertz CT molecular complexity index is 1220. The lowest BCUT2D eigenvalue weighted by Crippen LogP contribution is -2.29. The molecule has 1 aliphatic rings. The number of hydrogen-bond donors (Lipinski definition) is 3. The van der Waals surface area contributed by atoms with Crippen molar-refractivity contribution in [2.75, 3.05) is 0 Å².